The molecule has 0 saturated heterocycles. The molecule has 0 bridgehead atoms. The molecule has 23 heavy (non-hydrogen) atoms. The molecule has 0 spiro atoms. The van der Waals surface area contributed by atoms with Crippen molar-refractivity contribution in [3.8, 4) is 0 Å². The fraction of sp³-hybridized carbons (Fsp3) is 0.579. The molecule has 0 aromatic heterocycles. The summed E-state index contributed by atoms with van der Waals surface area (Å²) in [6.07, 6.45) is 9.03. The first-order valence-corrected chi connectivity index (χ1v) is 8.84. The second kappa shape index (κ2) is 7.16. The van der Waals surface area contributed by atoms with Gasteiger partial charge in [0.2, 0.25) is 11.8 Å². The van der Waals surface area contributed by atoms with Crippen LogP contribution < -0.4 is 10.2 Å². The van der Waals surface area contributed by atoms with Gasteiger partial charge in [-0.1, -0.05) is 38.2 Å². The largest absolute Gasteiger partial charge is 0.326 e. The van der Waals surface area contributed by atoms with E-state index >= 15 is 0 Å². The van der Waals surface area contributed by atoms with E-state index < -0.39 is 0 Å². The minimum atomic E-state index is 0.0597. The average Bonchev–Trinajstić information content (AvgIpc) is 2.97. The van der Waals surface area contributed by atoms with E-state index in [1.54, 1.807) is 11.8 Å². The number of hydrogen-bond acceptors (Lipinski definition) is 2. The van der Waals surface area contributed by atoms with Crippen molar-refractivity contribution in [2.75, 3.05) is 16.8 Å². The molecule has 4 nitrogen and oxygen atoms in total. The summed E-state index contributed by atoms with van der Waals surface area (Å²) in [5.74, 6) is 0.871. The van der Waals surface area contributed by atoms with Crippen molar-refractivity contribution in [1.82, 2.24) is 0 Å². The van der Waals surface area contributed by atoms with Crippen molar-refractivity contribution >= 4 is 23.2 Å². The van der Waals surface area contributed by atoms with Gasteiger partial charge in [0.25, 0.3) is 0 Å². The van der Waals surface area contributed by atoms with Crippen LogP contribution in [0.3, 0.4) is 0 Å². The molecule has 1 fully saturated rings. The molecule has 1 aromatic rings. The molecule has 0 unspecified atom stereocenters. The Kier molecular flexibility index (Phi) is 4.99. The van der Waals surface area contributed by atoms with Crippen molar-refractivity contribution in [1.29, 1.82) is 0 Å². The zero-order valence-corrected chi connectivity index (χ0v) is 13.9. The first kappa shape index (κ1) is 16.0. The van der Waals surface area contributed by atoms with Crippen LogP contribution in [0.1, 0.15) is 57.4 Å². The van der Waals surface area contributed by atoms with Crippen LogP contribution in [0.5, 0.6) is 0 Å². The predicted molar refractivity (Wildman–Crippen MR) is 92.6 cm³/mol. The van der Waals surface area contributed by atoms with Gasteiger partial charge in [0, 0.05) is 31.3 Å². The quantitative estimate of drug-likeness (QED) is 0.916. The number of carbonyl (C=O) groups is 2. The van der Waals surface area contributed by atoms with Gasteiger partial charge in [-0.3, -0.25) is 9.59 Å². The smallest absolute Gasteiger partial charge is 0.224 e. The Bertz CT molecular complexity index is 591. The molecule has 1 N–H and O–H groups in total. The van der Waals surface area contributed by atoms with Gasteiger partial charge < -0.3 is 10.2 Å². The third kappa shape index (κ3) is 3.92. The predicted octanol–water partition coefficient (Wildman–Crippen LogP) is 3.89. The maximum absolute atomic E-state index is 12.2. The minimum Gasteiger partial charge on any atom is -0.326 e. The summed E-state index contributed by atoms with van der Waals surface area (Å²) in [6.45, 7) is 2.33. The monoisotopic (exact) mass is 314 g/mol. The van der Waals surface area contributed by atoms with Crippen LogP contribution in [0.4, 0.5) is 11.4 Å². The van der Waals surface area contributed by atoms with Crippen molar-refractivity contribution in [3.63, 3.8) is 0 Å². The molecule has 124 valence electrons. The van der Waals surface area contributed by atoms with E-state index in [0.29, 0.717) is 6.42 Å². The molecule has 2 aliphatic rings. The zero-order chi connectivity index (χ0) is 16.2. The summed E-state index contributed by atoms with van der Waals surface area (Å²) in [7, 11) is 0. The van der Waals surface area contributed by atoms with Gasteiger partial charge >= 0.3 is 0 Å². The number of anilines is 2. The number of amides is 2. The number of rotatable bonds is 4. The summed E-state index contributed by atoms with van der Waals surface area (Å²) < 4.78 is 0. The van der Waals surface area contributed by atoms with Crippen molar-refractivity contribution in [3.05, 3.63) is 23.8 Å². The number of nitrogens with zero attached hydrogens (tertiary/aromatic N) is 1. The van der Waals surface area contributed by atoms with Crippen molar-refractivity contribution in [2.24, 2.45) is 5.92 Å². The van der Waals surface area contributed by atoms with Gasteiger partial charge in [-0.25, -0.2) is 0 Å². The third-order valence-corrected chi connectivity index (χ3v) is 5.15. The van der Waals surface area contributed by atoms with E-state index in [2.05, 4.69) is 5.32 Å². The van der Waals surface area contributed by atoms with Gasteiger partial charge in [0.05, 0.1) is 0 Å². The number of hydrogen-bond donors (Lipinski definition) is 1. The van der Waals surface area contributed by atoms with E-state index in [-0.39, 0.29) is 11.8 Å². The number of carbonyl (C=O) groups excluding carboxylic acids is 2. The van der Waals surface area contributed by atoms with Crippen LogP contribution in [0.15, 0.2) is 18.2 Å². The molecule has 4 heteroatoms. The topological polar surface area (TPSA) is 49.4 Å². The van der Waals surface area contributed by atoms with E-state index in [4.69, 9.17) is 0 Å². The highest BCUT2D eigenvalue weighted by atomic mass is 16.2. The summed E-state index contributed by atoms with van der Waals surface area (Å²) >= 11 is 0. The minimum absolute atomic E-state index is 0.0597. The van der Waals surface area contributed by atoms with Gasteiger partial charge in [-0.2, -0.15) is 0 Å². The van der Waals surface area contributed by atoms with Crippen molar-refractivity contribution in [2.45, 2.75) is 58.3 Å². The van der Waals surface area contributed by atoms with Gasteiger partial charge in [-0.15, -0.1) is 0 Å². The zero-order valence-electron chi connectivity index (χ0n) is 13.9. The summed E-state index contributed by atoms with van der Waals surface area (Å²) in [5.41, 5.74) is 2.92. The summed E-state index contributed by atoms with van der Waals surface area (Å²) in [4.78, 5) is 25.6. The number of nitrogens with one attached hydrogen (secondary N) is 1. The molecule has 1 aromatic carbocycles. The second-order valence-electron chi connectivity index (χ2n) is 6.86. The standard InChI is InChI=1S/C19H26N2O2/c1-14(22)21-12-11-16-8-9-17(13-18(16)21)20-19(23)10-7-15-5-3-2-4-6-15/h8-9,13,15H,2-7,10-12H2,1H3,(H,20,23). The van der Waals surface area contributed by atoms with Gasteiger partial charge in [-0.05, 0) is 36.5 Å². The molecule has 1 aliphatic heterocycles. The van der Waals surface area contributed by atoms with E-state index in [9.17, 15) is 9.59 Å². The molecule has 0 atom stereocenters. The Balaban J connectivity index is 1.56. The van der Waals surface area contributed by atoms with E-state index in [1.807, 2.05) is 18.2 Å². The van der Waals surface area contributed by atoms with Gasteiger partial charge in [0.1, 0.15) is 0 Å². The Labute approximate surface area is 138 Å². The Morgan fingerprint density at radius 1 is 1.22 bits per heavy atom. The van der Waals surface area contributed by atoms with Crippen molar-refractivity contribution < 1.29 is 9.59 Å². The highest BCUT2D eigenvalue weighted by molar-refractivity contribution is 5.96. The van der Waals surface area contributed by atoms with E-state index in [1.165, 1.54) is 37.7 Å². The molecule has 1 aliphatic carbocycles. The second-order valence-corrected chi connectivity index (χ2v) is 6.86. The lowest BCUT2D eigenvalue weighted by molar-refractivity contribution is -0.117. The normalized spacial score (nSPS) is 17.9. The third-order valence-electron chi connectivity index (χ3n) is 5.15. The fourth-order valence-corrected chi connectivity index (χ4v) is 3.82. The molecular formula is C19H26N2O2. The Morgan fingerprint density at radius 3 is 2.74 bits per heavy atom. The maximum Gasteiger partial charge on any atom is 0.224 e. The van der Waals surface area contributed by atoms with E-state index in [0.717, 1.165) is 36.7 Å². The number of fused-ring (bicyclic) bond motifs is 1. The van der Waals surface area contributed by atoms with Gasteiger partial charge in [0.15, 0.2) is 0 Å². The molecule has 3 rings (SSSR count). The molecule has 1 heterocycles. The Morgan fingerprint density at radius 2 is 2.00 bits per heavy atom. The molecular weight excluding hydrogens is 288 g/mol. The fourth-order valence-electron chi connectivity index (χ4n) is 3.82. The summed E-state index contributed by atoms with van der Waals surface area (Å²) in [6, 6.07) is 5.90. The lowest BCUT2D eigenvalue weighted by Gasteiger charge is -2.21. The van der Waals surface area contributed by atoms with Crippen LogP contribution in [-0.2, 0) is 16.0 Å². The summed E-state index contributed by atoms with van der Waals surface area (Å²) in [5, 5.41) is 2.99. The first-order chi connectivity index (χ1) is 11.1. The molecule has 0 radical (unpaired) electrons. The average molecular weight is 314 g/mol. The lowest BCUT2D eigenvalue weighted by atomic mass is 9.86. The highest BCUT2D eigenvalue weighted by Gasteiger charge is 2.22. The Hall–Kier alpha value is -1.84. The maximum atomic E-state index is 12.2. The molecule has 2 amide bonds. The first-order valence-electron chi connectivity index (χ1n) is 8.84. The SMILES string of the molecule is CC(=O)N1CCc2ccc(NC(=O)CCC3CCCCC3)cc21. The highest BCUT2D eigenvalue weighted by Crippen LogP contribution is 2.31. The van der Waals surface area contributed by atoms with Crippen LogP contribution in [-0.4, -0.2) is 18.4 Å². The lowest BCUT2D eigenvalue weighted by Crippen LogP contribution is -2.25. The van der Waals surface area contributed by atoms with Crippen LogP contribution in [0, 0.1) is 5.92 Å². The number of benzene rings is 1. The van der Waals surface area contributed by atoms with Crippen LogP contribution in [0.25, 0.3) is 0 Å². The molecule has 1 saturated carbocycles. The van der Waals surface area contributed by atoms with Crippen LogP contribution >= 0.6 is 0 Å². The van der Waals surface area contributed by atoms with Crippen LogP contribution in [0.2, 0.25) is 0 Å².